The van der Waals surface area contributed by atoms with E-state index in [-0.39, 0.29) is 11.9 Å². The third-order valence-electron chi connectivity index (χ3n) is 4.56. The molecule has 3 rings (SSSR count). The summed E-state index contributed by atoms with van der Waals surface area (Å²) in [5.41, 5.74) is 0. The van der Waals surface area contributed by atoms with Gasteiger partial charge in [0.1, 0.15) is 0 Å². The molecule has 0 aromatic carbocycles. The van der Waals surface area contributed by atoms with Crippen molar-refractivity contribution in [2.45, 2.75) is 38.1 Å². The lowest BCUT2D eigenvalue weighted by Crippen LogP contribution is -2.53. The van der Waals surface area contributed by atoms with E-state index in [0.717, 1.165) is 37.3 Å². The summed E-state index contributed by atoms with van der Waals surface area (Å²) in [5.74, 6) is 2.92. The van der Waals surface area contributed by atoms with Gasteiger partial charge in [0.25, 0.3) is 0 Å². The molecule has 0 aromatic rings. The molecule has 2 N–H and O–H groups in total. The fourth-order valence-corrected chi connectivity index (χ4v) is 3.49. The molecule has 1 saturated heterocycles. The van der Waals surface area contributed by atoms with Gasteiger partial charge in [-0.3, -0.25) is 4.79 Å². The summed E-state index contributed by atoms with van der Waals surface area (Å²) in [6.45, 7) is 1.93. The van der Waals surface area contributed by atoms with E-state index in [1.165, 1.54) is 25.7 Å². The lowest BCUT2D eigenvalue weighted by molar-refractivity contribution is -0.125. The number of hydrogen-bond donors (Lipinski definition) is 2. The van der Waals surface area contributed by atoms with Crippen molar-refractivity contribution in [3.8, 4) is 0 Å². The highest BCUT2D eigenvalue weighted by Gasteiger charge is 2.39. The third kappa shape index (κ3) is 1.78. The molecule has 3 fully saturated rings. The highest BCUT2D eigenvalue weighted by molar-refractivity contribution is 5.82. The van der Waals surface area contributed by atoms with E-state index in [9.17, 15) is 4.79 Å². The van der Waals surface area contributed by atoms with Crippen molar-refractivity contribution in [1.82, 2.24) is 10.6 Å². The zero-order valence-corrected chi connectivity index (χ0v) is 9.17. The molecule has 2 aliphatic carbocycles. The second-order valence-electron chi connectivity index (χ2n) is 5.48. The van der Waals surface area contributed by atoms with Crippen LogP contribution in [0.4, 0.5) is 0 Å². The van der Waals surface area contributed by atoms with E-state index in [1.54, 1.807) is 0 Å². The SMILES string of the molecule is O=C(NCC1CC2CCC1C2)[C@H]1CCN1. The van der Waals surface area contributed by atoms with Gasteiger partial charge >= 0.3 is 0 Å². The molecule has 1 aliphatic heterocycles. The summed E-state index contributed by atoms with van der Waals surface area (Å²) in [6, 6.07) is 0.114. The first-order chi connectivity index (χ1) is 7.33. The van der Waals surface area contributed by atoms with Gasteiger partial charge in [0, 0.05) is 6.54 Å². The molecule has 3 heteroatoms. The highest BCUT2D eigenvalue weighted by atomic mass is 16.2. The van der Waals surface area contributed by atoms with Gasteiger partial charge in [0.2, 0.25) is 5.91 Å². The van der Waals surface area contributed by atoms with Crippen LogP contribution in [0, 0.1) is 17.8 Å². The van der Waals surface area contributed by atoms with Gasteiger partial charge in [-0.2, -0.15) is 0 Å². The van der Waals surface area contributed by atoms with E-state index in [2.05, 4.69) is 10.6 Å². The van der Waals surface area contributed by atoms with E-state index in [1.807, 2.05) is 0 Å². The van der Waals surface area contributed by atoms with Crippen LogP contribution in [0.3, 0.4) is 0 Å². The first kappa shape index (κ1) is 9.64. The van der Waals surface area contributed by atoms with Gasteiger partial charge in [-0.05, 0) is 50.0 Å². The zero-order valence-electron chi connectivity index (χ0n) is 9.17. The van der Waals surface area contributed by atoms with Crippen molar-refractivity contribution in [3.05, 3.63) is 0 Å². The largest absolute Gasteiger partial charge is 0.354 e. The second-order valence-corrected chi connectivity index (χ2v) is 5.48. The smallest absolute Gasteiger partial charge is 0.237 e. The molecule has 15 heavy (non-hydrogen) atoms. The number of rotatable bonds is 3. The molecule has 3 aliphatic rings. The molecular weight excluding hydrogens is 188 g/mol. The van der Waals surface area contributed by atoms with Crippen molar-refractivity contribution in [2.75, 3.05) is 13.1 Å². The molecule has 2 saturated carbocycles. The fourth-order valence-electron chi connectivity index (χ4n) is 3.49. The predicted molar refractivity (Wildman–Crippen MR) is 58.4 cm³/mol. The zero-order chi connectivity index (χ0) is 10.3. The monoisotopic (exact) mass is 208 g/mol. The minimum atomic E-state index is 0.114. The lowest BCUT2D eigenvalue weighted by Gasteiger charge is -2.28. The van der Waals surface area contributed by atoms with E-state index >= 15 is 0 Å². The molecule has 2 bridgehead atoms. The van der Waals surface area contributed by atoms with Gasteiger partial charge in [-0.15, -0.1) is 0 Å². The van der Waals surface area contributed by atoms with Crippen LogP contribution >= 0.6 is 0 Å². The quantitative estimate of drug-likeness (QED) is 0.723. The number of carbonyl (C=O) groups is 1. The summed E-state index contributed by atoms with van der Waals surface area (Å²) < 4.78 is 0. The van der Waals surface area contributed by atoms with E-state index in [0.29, 0.717) is 0 Å². The number of carbonyl (C=O) groups excluding carboxylic acids is 1. The lowest BCUT2D eigenvalue weighted by atomic mass is 9.89. The van der Waals surface area contributed by atoms with Gasteiger partial charge in [-0.25, -0.2) is 0 Å². The van der Waals surface area contributed by atoms with Crippen LogP contribution in [-0.4, -0.2) is 25.0 Å². The Bertz CT molecular complexity index is 262. The summed E-state index contributed by atoms with van der Waals surface area (Å²) >= 11 is 0. The molecule has 4 atom stereocenters. The first-order valence-corrected chi connectivity index (χ1v) is 6.34. The van der Waals surface area contributed by atoms with Gasteiger partial charge in [-0.1, -0.05) is 6.42 Å². The van der Waals surface area contributed by atoms with Gasteiger partial charge in [0.15, 0.2) is 0 Å². The minimum Gasteiger partial charge on any atom is -0.354 e. The van der Waals surface area contributed by atoms with Crippen LogP contribution in [0.2, 0.25) is 0 Å². The fraction of sp³-hybridized carbons (Fsp3) is 0.917. The standard InChI is InChI=1S/C12H20N2O/c15-12(11-3-4-13-11)14-7-10-6-8-1-2-9(10)5-8/h8-11,13H,1-7H2,(H,14,15)/t8?,9?,10?,11-/m1/s1. The average Bonchev–Trinajstić information content (AvgIpc) is 2.72. The third-order valence-corrected chi connectivity index (χ3v) is 4.56. The number of fused-ring (bicyclic) bond motifs is 2. The topological polar surface area (TPSA) is 41.1 Å². The van der Waals surface area contributed by atoms with Crippen LogP contribution in [0.25, 0.3) is 0 Å². The molecule has 1 amide bonds. The molecular formula is C12H20N2O. The maximum absolute atomic E-state index is 11.6. The molecule has 0 aromatic heterocycles. The van der Waals surface area contributed by atoms with Crippen LogP contribution < -0.4 is 10.6 Å². The Kier molecular flexibility index (Phi) is 2.43. The summed E-state index contributed by atoms with van der Waals surface area (Å²) in [4.78, 5) is 11.6. The second kappa shape index (κ2) is 3.78. The Morgan fingerprint density at radius 1 is 1.27 bits per heavy atom. The maximum Gasteiger partial charge on any atom is 0.237 e. The molecule has 0 radical (unpaired) electrons. The molecule has 0 spiro atoms. The minimum absolute atomic E-state index is 0.114. The molecule has 3 nitrogen and oxygen atoms in total. The van der Waals surface area contributed by atoms with E-state index < -0.39 is 0 Å². The highest BCUT2D eigenvalue weighted by Crippen LogP contribution is 2.47. The Morgan fingerprint density at radius 3 is 2.67 bits per heavy atom. The van der Waals surface area contributed by atoms with Crippen LogP contribution in [-0.2, 0) is 4.79 Å². The van der Waals surface area contributed by atoms with Crippen molar-refractivity contribution in [1.29, 1.82) is 0 Å². The van der Waals surface area contributed by atoms with Crippen molar-refractivity contribution in [3.63, 3.8) is 0 Å². The maximum atomic E-state index is 11.6. The normalized spacial score (nSPS) is 42.7. The van der Waals surface area contributed by atoms with E-state index in [4.69, 9.17) is 0 Å². The van der Waals surface area contributed by atoms with Gasteiger partial charge in [0.05, 0.1) is 6.04 Å². The Hall–Kier alpha value is -0.570. The van der Waals surface area contributed by atoms with Crippen LogP contribution in [0.15, 0.2) is 0 Å². The average molecular weight is 208 g/mol. The number of amides is 1. The molecule has 84 valence electrons. The first-order valence-electron chi connectivity index (χ1n) is 6.34. The Labute approximate surface area is 91.0 Å². The Morgan fingerprint density at radius 2 is 2.13 bits per heavy atom. The van der Waals surface area contributed by atoms with Crippen LogP contribution in [0.5, 0.6) is 0 Å². The van der Waals surface area contributed by atoms with Gasteiger partial charge < -0.3 is 10.6 Å². The predicted octanol–water partition coefficient (Wildman–Crippen LogP) is 0.901. The number of hydrogen-bond acceptors (Lipinski definition) is 2. The molecule has 3 unspecified atom stereocenters. The summed E-state index contributed by atoms with van der Waals surface area (Å²) in [5, 5.41) is 6.25. The van der Waals surface area contributed by atoms with Crippen molar-refractivity contribution in [2.24, 2.45) is 17.8 Å². The van der Waals surface area contributed by atoms with Crippen molar-refractivity contribution >= 4 is 5.91 Å². The molecule has 1 heterocycles. The number of nitrogens with one attached hydrogen (secondary N) is 2. The summed E-state index contributed by atoms with van der Waals surface area (Å²) in [6.07, 6.45) is 6.67. The Balaban J connectivity index is 1.44. The van der Waals surface area contributed by atoms with Crippen LogP contribution in [0.1, 0.15) is 32.1 Å². The van der Waals surface area contributed by atoms with Crippen molar-refractivity contribution < 1.29 is 4.79 Å². The summed E-state index contributed by atoms with van der Waals surface area (Å²) in [7, 11) is 0.